The first-order valence-corrected chi connectivity index (χ1v) is 8.86. The van der Waals surface area contributed by atoms with Crippen LogP contribution in [0, 0.1) is 28.6 Å². The summed E-state index contributed by atoms with van der Waals surface area (Å²) in [5, 5.41) is 31.6. The molecule has 134 valence electrons. The van der Waals surface area contributed by atoms with Crippen molar-refractivity contribution < 1.29 is 29.6 Å². The van der Waals surface area contributed by atoms with Crippen LogP contribution in [0.25, 0.3) is 0 Å². The lowest BCUT2D eigenvalue weighted by Gasteiger charge is -2.44. The third-order valence-electron chi connectivity index (χ3n) is 8.12. The Balaban J connectivity index is 1.78. The third-order valence-corrected chi connectivity index (χ3v) is 8.12. The van der Waals surface area contributed by atoms with Crippen LogP contribution in [0.15, 0.2) is 24.3 Å². The monoisotopic (exact) mass is 346 g/mol. The van der Waals surface area contributed by atoms with E-state index in [4.69, 9.17) is 4.74 Å². The van der Waals surface area contributed by atoms with Crippen molar-refractivity contribution in [1.82, 2.24) is 0 Å². The summed E-state index contributed by atoms with van der Waals surface area (Å²) in [6.45, 7) is 5.64. The van der Waals surface area contributed by atoms with Gasteiger partial charge in [0.1, 0.15) is 11.0 Å². The zero-order valence-corrected chi connectivity index (χ0v) is 14.1. The second-order valence-corrected chi connectivity index (χ2v) is 8.94. The molecule has 1 saturated heterocycles. The van der Waals surface area contributed by atoms with Crippen LogP contribution in [0.1, 0.15) is 32.6 Å². The number of ether oxygens (including phenoxy) is 1. The number of aliphatic hydroxyl groups excluding tert-OH is 1. The summed E-state index contributed by atoms with van der Waals surface area (Å²) in [5.41, 5.74) is -3.29. The van der Waals surface area contributed by atoms with E-state index in [9.17, 15) is 24.9 Å². The molecule has 0 aromatic rings. The molecule has 3 saturated carbocycles. The van der Waals surface area contributed by atoms with Gasteiger partial charge in [-0.15, -0.1) is 0 Å². The number of fused-ring (bicyclic) bond motifs is 1. The maximum absolute atomic E-state index is 12.7. The fraction of sp³-hybridized carbons (Fsp3) is 0.684. The number of carboxylic acids is 1. The molecule has 6 heteroatoms. The number of aliphatic carboxylic acids is 1. The molecule has 0 unspecified atom stereocenters. The highest BCUT2D eigenvalue weighted by molar-refractivity contribution is 5.86. The number of hydrogen-bond donors (Lipinski definition) is 3. The molecule has 6 nitrogen and oxygen atoms in total. The number of esters is 1. The van der Waals surface area contributed by atoms with Crippen molar-refractivity contribution in [2.45, 2.75) is 49.9 Å². The minimum Gasteiger partial charge on any atom is -0.481 e. The Bertz CT molecular complexity index is 772. The molecule has 4 bridgehead atoms. The quantitative estimate of drug-likeness (QED) is 0.484. The maximum atomic E-state index is 12.7. The van der Waals surface area contributed by atoms with Crippen LogP contribution in [0.3, 0.4) is 0 Å². The molecular weight excluding hydrogens is 324 g/mol. The molecule has 8 atom stereocenters. The summed E-state index contributed by atoms with van der Waals surface area (Å²) in [6, 6.07) is 0. The predicted molar refractivity (Wildman–Crippen MR) is 85.2 cm³/mol. The molecule has 0 amide bonds. The van der Waals surface area contributed by atoms with Crippen LogP contribution in [0.4, 0.5) is 0 Å². The lowest BCUT2D eigenvalue weighted by atomic mass is 9.61. The van der Waals surface area contributed by atoms with Gasteiger partial charge in [-0.2, -0.15) is 0 Å². The molecule has 1 spiro atoms. The third kappa shape index (κ3) is 1.36. The summed E-state index contributed by atoms with van der Waals surface area (Å²) >= 11 is 0. The van der Waals surface area contributed by atoms with Crippen molar-refractivity contribution in [3.63, 3.8) is 0 Å². The normalized spacial score (nSPS) is 58.0. The van der Waals surface area contributed by atoms with E-state index < -0.39 is 51.9 Å². The first-order chi connectivity index (χ1) is 11.6. The Morgan fingerprint density at radius 2 is 2.16 bits per heavy atom. The molecular formula is C19H22O6. The number of hydrogen-bond acceptors (Lipinski definition) is 5. The molecule has 0 radical (unpaired) electrons. The average molecular weight is 346 g/mol. The highest BCUT2D eigenvalue weighted by Gasteiger charge is 2.83. The summed E-state index contributed by atoms with van der Waals surface area (Å²) in [7, 11) is 0. The van der Waals surface area contributed by atoms with Crippen molar-refractivity contribution in [3.05, 3.63) is 24.3 Å². The minimum absolute atomic E-state index is 0.180. The molecule has 5 rings (SSSR count). The van der Waals surface area contributed by atoms with Gasteiger partial charge in [-0.1, -0.05) is 12.7 Å². The molecule has 0 aromatic carbocycles. The standard InChI is InChI=1S/C19H22O6/c1-9-7-17-8-18(9,24)5-3-10(17)19-6-4-11(20)16(2,15(23)25-19)13(19)12(17)14(21)22/h4,6,10-13,20,24H,1,3,5,7-8H2,2H3,(H,21,22)/t10-,11-,12-,13+,16+,17+,18-,19+/m0/s1. The van der Waals surface area contributed by atoms with Gasteiger partial charge in [-0.25, -0.2) is 0 Å². The van der Waals surface area contributed by atoms with Gasteiger partial charge >= 0.3 is 11.9 Å². The number of carbonyl (C=O) groups excluding carboxylic acids is 1. The number of aliphatic hydroxyl groups is 2. The lowest BCUT2D eigenvalue weighted by Crippen LogP contribution is -2.50. The van der Waals surface area contributed by atoms with E-state index in [1.807, 2.05) is 0 Å². The topological polar surface area (TPSA) is 104 Å². The highest BCUT2D eigenvalue weighted by atomic mass is 16.6. The van der Waals surface area contributed by atoms with E-state index in [0.29, 0.717) is 31.3 Å². The summed E-state index contributed by atoms with van der Waals surface area (Å²) < 4.78 is 5.87. The van der Waals surface area contributed by atoms with Crippen molar-refractivity contribution in [3.8, 4) is 0 Å². The summed E-state index contributed by atoms with van der Waals surface area (Å²) in [6.07, 6.45) is 4.11. The zero-order valence-electron chi connectivity index (χ0n) is 14.1. The van der Waals surface area contributed by atoms with Crippen molar-refractivity contribution >= 4 is 11.9 Å². The average Bonchev–Trinajstić information content (AvgIpc) is 2.95. The van der Waals surface area contributed by atoms with E-state index >= 15 is 0 Å². The van der Waals surface area contributed by atoms with Crippen LogP contribution < -0.4 is 0 Å². The van der Waals surface area contributed by atoms with Crippen LogP contribution in [-0.4, -0.2) is 44.6 Å². The van der Waals surface area contributed by atoms with E-state index in [2.05, 4.69) is 6.58 Å². The molecule has 25 heavy (non-hydrogen) atoms. The lowest BCUT2D eigenvalue weighted by molar-refractivity contribution is -0.163. The van der Waals surface area contributed by atoms with Crippen LogP contribution in [0.2, 0.25) is 0 Å². The summed E-state index contributed by atoms with van der Waals surface area (Å²) in [4.78, 5) is 25.1. The van der Waals surface area contributed by atoms with Gasteiger partial charge in [0.15, 0.2) is 0 Å². The Labute approximate surface area is 145 Å². The number of rotatable bonds is 1. The van der Waals surface area contributed by atoms with E-state index in [1.54, 1.807) is 19.1 Å². The second kappa shape index (κ2) is 4.01. The fourth-order valence-electron chi connectivity index (χ4n) is 7.13. The molecule has 3 N–H and O–H groups in total. The Hall–Kier alpha value is -1.66. The van der Waals surface area contributed by atoms with Gasteiger partial charge in [-0.05, 0) is 49.7 Å². The Morgan fingerprint density at radius 1 is 1.44 bits per heavy atom. The van der Waals surface area contributed by atoms with E-state index in [1.165, 1.54) is 0 Å². The molecule has 1 aliphatic heterocycles. The minimum atomic E-state index is -1.27. The molecule has 1 heterocycles. The predicted octanol–water partition coefficient (Wildman–Crippen LogP) is 1.03. The van der Waals surface area contributed by atoms with Gasteiger partial charge in [0.05, 0.1) is 17.6 Å². The SMILES string of the molecule is C=C1C[C@@]23C[C@@]1(O)CC[C@@H]2[C@@]12C=C[C@H](O)[C@@](C)(C(=O)O1)[C@H]2[C@H]3C(=O)O. The number of carboxylic acid groups (broad SMARTS) is 1. The van der Waals surface area contributed by atoms with Crippen molar-refractivity contribution in [1.29, 1.82) is 0 Å². The second-order valence-electron chi connectivity index (χ2n) is 8.94. The molecule has 4 fully saturated rings. The largest absolute Gasteiger partial charge is 0.481 e. The number of carbonyl (C=O) groups is 2. The zero-order chi connectivity index (χ0) is 18.0. The first-order valence-electron chi connectivity index (χ1n) is 8.86. The maximum Gasteiger partial charge on any atom is 0.316 e. The fourth-order valence-corrected chi connectivity index (χ4v) is 7.13. The van der Waals surface area contributed by atoms with Crippen LogP contribution in [-0.2, 0) is 14.3 Å². The smallest absolute Gasteiger partial charge is 0.316 e. The van der Waals surface area contributed by atoms with Crippen LogP contribution >= 0.6 is 0 Å². The molecule has 0 aromatic heterocycles. The first kappa shape index (κ1) is 15.6. The van der Waals surface area contributed by atoms with Crippen molar-refractivity contribution in [2.24, 2.45) is 28.6 Å². The molecule has 4 aliphatic carbocycles. The van der Waals surface area contributed by atoms with Gasteiger partial charge in [0.25, 0.3) is 0 Å². The van der Waals surface area contributed by atoms with Crippen LogP contribution in [0.5, 0.6) is 0 Å². The van der Waals surface area contributed by atoms with Gasteiger partial charge < -0.3 is 20.1 Å². The van der Waals surface area contributed by atoms with Gasteiger partial charge in [0.2, 0.25) is 0 Å². The van der Waals surface area contributed by atoms with Crippen molar-refractivity contribution in [2.75, 3.05) is 0 Å². The van der Waals surface area contributed by atoms with Gasteiger partial charge in [-0.3, -0.25) is 9.59 Å². The highest BCUT2D eigenvalue weighted by Crippen LogP contribution is 2.77. The Kier molecular flexibility index (Phi) is 2.50. The summed E-state index contributed by atoms with van der Waals surface area (Å²) in [5.74, 6) is -3.18. The molecule has 5 aliphatic rings. The van der Waals surface area contributed by atoms with E-state index in [0.717, 1.165) is 0 Å². The van der Waals surface area contributed by atoms with Gasteiger partial charge in [0, 0.05) is 11.8 Å². The van der Waals surface area contributed by atoms with E-state index in [-0.39, 0.29) is 5.92 Å². The Morgan fingerprint density at radius 3 is 2.84 bits per heavy atom.